The van der Waals surface area contributed by atoms with Crippen LogP contribution >= 0.6 is 0 Å². The van der Waals surface area contributed by atoms with Crippen molar-refractivity contribution in [3.05, 3.63) is 77.9 Å². The number of hydrogen-bond acceptors (Lipinski definition) is 16. The number of unbranched alkanes of at least 4 members (excludes halogenated alkanes) is 2. The van der Waals surface area contributed by atoms with Crippen LogP contribution in [0, 0.1) is 23.7 Å². The lowest BCUT2D eigenvalue weighted by atomic mass is 9.81. The molecule has 11 atom stereocenters. The summed E-state index contributed by atoms with van der Waals surface area (Å²) in [5.41, 5.74) is 6.55. The molecule has 4 heterocycles. The quantitative estimate of drug-likeness (QED) is 0.0123. The number of esters is 1. The Morgan fingerprint density at radius 2 is 1.59 bits per heavy atom. The molecule has 0 aromatic heterocycles. The zero-order valence-corrected chi connectivity index (χ0v) is 50.7. The number of aliphatic hydroxyl groups is 1. The first-order valence-electron chi connectivity index (χ1n) is 30.2. The normalized spacial score (nSPS) is 26.7. The van der Waals surface area contributed by atoms with Crippen molar-refractivity contribution in [2.24, 2.45) is 29.4 Å². The number of ketones is 2. The highest BCUT2D eigenvalue weighted by atomic mass is 16.6. The number of aliphatic hydroxyl groups excluding tert-OH is 1. The Hall–Kier alpha value is -7.08. The molecule has 8 N–H and O–H groups in total. The van der Waals surface area contributed by atoms with Crippen molar-refractivity contribution >= 4 is 64.9 Å². The van der Waals surface area contributed by atoms with E-state index >= 15 is 0 Å². The molecule has 1 saturated carbocycles. The second kappa shape index (κ2) is 32.6. The van der Waals surface area contributed by atoms with Crippen LogP contribution in [0.2, 0.25) is 0 Å². The molecule has 6 rings (SSSR count). The van der Waals surface area contributed by atoms with Gasteiger partial charge in [0.05, 0.1) is 42.9 Å². The van der Waals surface area contributed by atoms with Crippen molar-refractivity contribution in [1.29, 1.82) is 0 Å². The number of alkyl carbamates (subject to hydrolysis) is 1. The molecule has 8 amide bonds. The average Bonchev–Trinajstić information content (AvgIpc) is 1.63. The summed E-state index contributed by atoms with van der Waals surface area (Å²) in [6.07, 6.45) is 14.4. The smallest absolute Gasteiger partial charge is 0.407 e. The van der Waals surface area contributed by atoms with Crippen molar-refractivity contribution in [2.45, 2.75) is 205 Å². The van der Waals surface area contributed by atoms with Crippen LogP contribution in [0.3, 0.4) is 0 Å². The molecule has 0 radical (unpaired) electrons. The molecule has 86 heavy (non-hydrogen) atoms. The van der Waals surface area contributed by atoms with E-state index in [-0.39, 0.29) is 110 Å². The molecule has 1 spiro atoms. The van der Waals surface area contributed by atoms with E-state index in [1.165, 1.54) is 31.2 Å². The number of imide groups is 1. The first kappa shape index (κ1) is 68.0. The lowest BCUT2D eigenvalue weighted by molar-refractivity contribution is -0.145. The Morgan fingerprint density at radius 1 is 0.895 bits per heavy atom. The molecule has 0 unspecified atom stereocenters. The number of anilines is 1. The number of carbonyl (C=O) groups is 10. The Bertz CT molecular complexity index is 2680. The molecule has 1 aromatic rings. The molecule has 1 aromatic carbocycles. The number of nitrogens with zero attached hydrogens (tertiary/aromatic N) is 1. The Kier molecular flexibility index (Phi) is 25.8. The van der Waals surface area contributed by atoms with Crippen LogP contribution in [-0.4, -0.2) is 149 Å². The van der Waals surface area contributed by atoms with E-state index < -0.39 is 71.8 Å². The Balaban J connectivity index is 0.871. The van der Waals surface area contributed by atoms with E-state index in [2.05, 4.69) is 39.6 Å². The molecule has 0 bridgehead atoms. The first-order chi connectivity index (χ1) is 40.9. The summed E-state index contributed by atoms with van der Waals surface area (Å²) in [5.74, 6) is -3.73. The van der Waals surface area contributed by atoms with Gasteiger partial charge in [-0.25, -0.2) is 9.59 Å². The number of Topliss-reactive ketones (excluding diaryl/α,β-unsaturated/α-hetero) is 2. The predicted molar refractivity (Wildman–Crippen MR) is 316 cm³/mol. The minimum Gasteiger partial charge on any atom is -0.459 e. The highest BCUT2D eigenvalue weighted by molar-refractivity contribution is 6.12. The van der Waals surface area contributed by atoms with Crippen molar-refractivity contribution in [3.8, 4) is 0 Å². The maximum Gasteiger partial charge on any atom is 0.407 e. The Labute approximate surface area is 503 Å². The number of primary amides is 1. The van der Waals surface area contributed by atoms with Crippen LogP contribution in [0.4, 0.5) is 15.3 Å². The molecule has 4 fully saturated rings. The molecule has 23 nitrogen and oxygen atoms in total. The first-order valence-corrected chi connectivity index (χ1v) is 30.2. The molecule has 23 heteroatoms. The van der Waals surface area contributed by atoms with Gasteiger partial charge in [-0.2, -0.15) is 0 Å². The second-order valence-corrected chi connectivity index (χ2v) is 24.1. The summed E-state index contributed by atoms with van der Waals surface area (Å²) in [5, 5.41) is 25.1. The second-order valence-electron chi connectivity index (χ2n) is 24.1. The lowest BCUT2D eigenvalue weighted by Crippen LogP contribution is -2.50. The van der Waals surface area contributed by atoms with Crippen LogP contribution in [0.15, 0.2) is 72.4 Å². The van der Waals surface area contributed by atoms with Gasteiger partial charge in [0, 0.05) is 82.1 Å². The number of ether oxygens (including phenoxy) is 5. The third kappa shape index (κ3) is 21.7. The number of urea groups is 1. The van der Waals surface area contributed by atoms with Crippen molar-refractivity contribution in [2.75, 3.05) is 25.0 Å². The predicted octanol–water partition coefficient (Wildman–Crippen LogP) is 5.62. The highest BCUT2D eigenvalue weighted by Gasteiger charge is 2.58. The van der Waals surface area contributed by atoms with Crippen LogP contribution < -0.4 is 32.3 Å². The van der Waals surface area contributed by atoms with Gasteiger partial charge in [-0.1, -0.05) is 63.1 Å². The van der Waals surface area contributed by atoms with E-state index in [0.29, 0.717) is 69.2 Å². The fourth-order valence-electron chi connectivity index (χ4n) is 11.4. The van der Waals surface area contributed by atoms with Crippen LogP contribution in [0.25, 0.3) is 0 Å². The third-order valence-corrected chi connectivity index (χ3v) is 16.5. The summed E-state index contributed by atoms with van der Waals surface area (Å²) >= 11 is 0. The van der Waals surface area contributed by atoms with E-state index in [4.69, 9.17) is 29.4 Å². The zero-order chi connectivity index (χ0) is 62.7. The highest BCUT2D eigenvalue weighted by Crippen LogP contribution is 2.44. The van der Waals surface area contributed by atoms with E-state index in [1.807, 2.05) is 26.0 Å². The van der Waals surface area contributed by atoms with Gasteiger partial charge < -0.3 is 61.1 Å². The van der Waals surface area contributed by atoms with Crippen LogP contribution in [0.5, 0.6) is 0 Å². The number of epoxide rings is 1. The summed E-state index contributed by atoms with van der Waals surface area (Å²) in [7, 11) is 0. The third-order valence-electron chi connectivity index (χ3n) is 16.5. The van der Waals surface area contributed by atoms with Crippen molar-refractivity contribution in [3.63, 3.8) is 0 Å². The molecular formula is C63H89N7O16. The summed E-state index contributed by atoms with van der Waals surface area (Å²) < 4.78 is 29.0. The van der Waals surface area contributed by atoms with Gasteiger partial charge in [0.2, 0.25) is 17.7 Å². The van der Waals surface area contributed by atoms with Crippen LogP contribution in [0.1, 0.15) is 144 Å². The largest absolute Gasteiger partial charge is 0.459 e. The van der Waals surface area contributed by atoms with Crippen molar-refractivity contribution in [1.82, 2.24) is 26.2 Å². The lowest BCUT2D eigenvalue weighted by Gasteiger charge is -2.39. The molecule has 3 saturated heterocycles. The summed E-state index contributed by atoms with van der Waals surface area (Å²) in [4.78, 5) is 126. The van der Waals surface area contributed by atoms with Gasteiger partial charge in [-0.3, -0.25) is 43.3 Å². The molecule has 472 valence electrons. The SMILES string of the molecule is CC(=O)O[C@@H](C)/C=C\C(=O)N[C@@H]1C[C@H](C)[C@H](C/C=C(C)/C=C/[C@H]2O[C@H](CC(=O)CC3CCC(NC(=O)OCc4ccc(NC(=O)[C@H](CNC(N)=O)CC(=O)[C@@H](NC(=O)CCCCCN5C(=O)C=CC5=O)C(C)C)cc4)CC3)C[C@@]3(CO3)[C@@H]2O)O[C@@H]1C. The number of benzene rings is 1. The van der Waals surface area contributed by atoms with E-state index in [9.17, 15) is 53.1 Å². The number of nitrogens with two attached hydrogens (primary N) is 1. The Morgan fingerprint density at radius 3 is 2.24 bits per heavy atom. The minimum absolute atomic E-state index is 0.0499. The number of rotatable bonds is 30. The van der Waals surface area contributed by atoms with Gasteiger partial charge in [0.1, 0.15) is 36.3 Å². The minimum atomic E-state index is -1.04. The number of allylic oxidation sites excluding steroid dienone is 2. The number of nitrogens with one attached hydrogen (secondary N) is 5. The maximum atomic E-state index is 13.6. The summed E-state index contributed by atoms with van der Waals surface area (Å²) in [6.45, 7) is 12.9. The van der Waals surface area contributed by atoms with E-state index in [0.717, 1.165) is 29.7 Å². The monoisotopic (exact) mass is 1200 g/mol. The molecule has 5 aliphatic rings. The molecular weight excluding hydrogens is 1110 g/mol. The summed E-state index contributed by atoms with van der Waals surface area (Å²) in [6, 6.07) is 4.48. The van der Waals surface area contributed by atoms with Gasteiger partial charge in [0.25, 0.3) is 11.8 Å². The zero-order valence-electron chi connectivity index (χ0n) is 50.7. The van der Waals surface area contributed by atoms with Gasteiger partial charge >= 0.3 is 18.1 Å². The van der Waals surface area contributed by atoms with Crippen LogP contribution in [-0.2, 0) is 68.6 Å². The standard InChI is InChI=1S/C63H89N7O16/c1-37(2)58(69-54(74)11-9-8-10-28-70-56(76)26-27-57(70)77)51(73)31-45(34-65-61(64)80)60(79)66-46-21-17-44(18-22-46)35-82-62(81)67-47-19-15-43(16-20-47)30-48(72)32-49-33-63(36-83-63)59(78)53(86-49)24-13-38(3)12-23-52-39(4)29-50(41(6)85-52)68-55(75)25-14-40(5)84-42(7)71/h12-14,17-18,21-22,24-27,37,39-41,43,45,47,49-50,52-53,58-59,78H,8-11,15-16,19-20,23,28-36H2,1-7H3,(H,66,79)(H,67,81)(H,68,75)(H,69,74)(H3,64,65,80)/b24-13+,25-14-,38-12+/t39-,40-,41+,43?,45-,47?,49+,50+,52-,53+,58-,59+,63+/m0/s1. The molecule has 4 aliphatic heterocycles. The van der Waals surface area contributed by atoms with Gasteiger partial charge in [-0.05, 0) is 114 Å². The fourth-order valence-corrected chi connectivity index (χ4v) is 11.4. The fraction of sp³-hybridized carbons (Fsp3) is 0.619. The number of amides is 8. The average molecular weight is 1200 g/mol. The number of carbonyl (C=O) groups excluding carboxylic acids is 10. The van der Waals surface area contributed by atoms with E-state index in [1.54, 1.807) is 45.0 Å². The topological polar surface area (TPSA) is 330 Å². The van der Waals surface area contributed by atoms with Crippen molar-refractivity contribution < 1.29 is 76.7 Å². The molecule has 1 aliphatic carbocycles. The maximum absolute atomic E-state index is 13.6. The van der Waals surface area contributed by atoms with Gasteiger partial charge in [0.15, 0.2) is 5.78 Å². The van der Waals surface area contributed by atoms with Gasteiger partial charge in [-0.15, -0.1) is 0 Å². The number of hydrogen-bond donors (Lipinski definition) is 7.